The molecule has 1 saturated heterocycles. The van der Waals surface area contributed by atoms with E-state index in [9.17, 15) is 17.2 Å². The van der Waals surface area contributed by atoms with Gasteiger partial charge in [0.1, 0.15) is 11.4 Å². The number of nitrogens with two attached hydrogens (primary N) is 1. The van der Waals surface area contributed by atoms with Crippen LogP contribution in [0.4, 0.5) is 8.78 Å². The highest BCUT2D eigenvalue weighted by Crippen LogP contribution is 2.26. The maximum absolute atomic E-state index is 12.6. The van der Waals surface area contributed by atoms with Gasteiger partial charge < -0.3 is 5.73 Å². The van der Waals surface area contributed by atoms with Gasteiger partial charge in [-0.1, -0.05) is 6.42 Å². The van der Waals surface area contributed by atoms with Crippen LogP contribution in [0.1, 0.15) is 26.2 Å². The highest BCUT2D eigenvalue weighted by atomic mass is 32.2. The van der Waals surface area contributed by atoms with E-state index in [1.807, 2.05) is 0 Å². The summed E-state index contributed by atoms with van der Waals surface area (Å²) < 4.78 is 52.2. The minimum Gasteiger partial charge on any atom is -0.326 e. The van der Waals surface area contributed by atoms with Gasteiger partial charge in [-0.3, -0.25) is 4.68 Å². The predicted molar refractivity (Wildman–Crippen MR) is 73.4 cm³/mol. The van der Waals surface area contributed by atoms with Crippen molar-refractivity contribution in [2.45, 2.75) is 56.1 Å². The van der Waals surface area contributed by atoms with Crippen molar-refractivity contribution >= 4 is 10.0 Å². The molecule has 1 aliphatic heterocycles. The lowest BCUT2D eigenvalue weighted by Crippen LogP contribution is -2.51. The molecule has 0 amide bonds. The normalized spacial score (nSPS) is 22.6. The lowest BCUT2D eigenvalue weighted by atomic mass is 10.00. The number of nitrogens with zero attached hydrogens (tertiary/aromatic N) is 3. The molecule has 1 fully saturated rings. The third-order valence-corrected chi connectivity index (χ3v) is 5.52. The largest absolute Gasteiger partial charge is 0.326 e. The fourth-order valence-corrected chi connectivity index (χ4v) is 4.34. The zero-order valence-electron chi connectivity index (χ0n) is 11.8. The van der Waals surface area contributed by atoms with Gasteiger partial charge in [-0.05, 0) is 19.8 Å². The van der Waals surface area contributed by atoms with Crippen molar-refractivity contribution in [1.82, 2.24) is 14.1 Å². The predicted octanol–water partition coefficient (Wildman–Crippen LogP) is 1.04. The van der Waals surface area contributed by atoms with E-state index in [2.05, 4.69) is 5.10 Å². The average Bonchev–Trinajstić information content (AvgIpc) is 2.87. The van der Waals surface area contributed by atoms with Crippen LogP contribution in [0, 0.1) is 0 Å². The van der Waals surface area contributed by atoms with Crippen molar-refractivity contribution in [3.05, 3.63) is 12.4 Å². The van der Waals surface area contributed by atoms with Gasteiger partial charge in [-0.25, -0.2) is 17.2 Å². The molecule has 0 spiro atoms. The van der Waals surface area contributed by atoms with Crippen molar-refractivity contribution < 1.29 is 17.2 Å². The first-order valence-electron chi connectivity index (χ1n) is 6.90. The molecule has 120 valence electrons. The van der Waals surface area contributed by atoms with Crippen molar-refractivity contribution in [3.8, 4) is 0 Å². The number of halogens is 2. The highest BCUT2D eigenvalue weighted by Gasteiger charge is 2.36. The summed E-state index contributed by atoms with van der Waals surface area (Å²) >= 11 is 0. The molecule has 1 aromatic heterocycles. The second kappa shape index (κ2) is 6.37. The Morgan fingerprint density at radius 2 is 2.19 bits per heavy atom. The number of alkyl halides is 2. The van der Waals surface area contributed by atoms with Crippen LogP contribution in [0.2, 0.25) is 0 Å². The molecule has 1 aromatic rings. The van der Waals surface area contributed by atoms with Crippen molar-refractivity contribution in [2.24, 2.45) is 5.73 Å². The van der Waals surface area contributed by atoms with Gasteiger partial charge in [0.25, 0.3) is 6.43 Å². The Labute approximate surface area is 123 Å². The maximum Gasteiger partial charge on any atom is 0.257 e. The first-order chi connectivity index (χ1) is 9.82. The van der Waals surface area contributed by atoms with E-state index < -0.39 is 23.0 Å². The van der Waals surface area contributed by atoms with Gasteiger partial charge in [0.05, 0.1) is 6.20 Å². The maximum atomic E-state index is 12.6. The van der Waals surface area contributed by atoms with E-state index in [-0.39, 0.29) is 17.0 Å². The first-order valence-corrected chi connectivity index (χ1v) is 8.34. The fraction of sp³-hybridized carbons (Fsp3) is 0.750. The minimum absolute atomic E-state index is 0.0595. The summed E-state index contributed by atoms with van der Waals surface area (Å²) in [4.78, 5) is -0.0595. The van der Waals surface area contributed by atoms with E-state index in [0.717, 1.165) is 29.9 Å². The van der Waals surface area contributed by atoms with Gasteiger partial charge in [-0.15, -0.1) is 0 Å². The Bertz CT molecular complexity index is 574. The summed E-state index contributed by atoms with van der Waals surface area (Å²) in [6.07, 6.45) is 2.10. The number of sulfonamides is 1. The summed E-state index contributed by atoms with van der Waals surface area (Å²) in [7, 11) is -3.75. The zero-order valence-corrected chi connectivity index (χ0v) is 12.6. The summed E-state index contributed by atoms with van der Waals surface area (Å²) in [5.41, 5.74) is 5.88. The minimum atomic E-state index is -3.75. The molecule has 0 aliphatic carbocycles. The van der Waals surface area contributed by atoms with Crippen molar-refractivity contribution in [2.75, 3.05) is 6.54 Å². The number of aromatic nitrogens is 2. The Kier molecular flexibility index (Phi) is 4.95. The summed E-state index contributed by atoms with van der Waals surface area (Å²) in [5.74, 6) is 0. The lowest BCUT2D eigenvalue weighted by Gasteiger charge is -2.36. The smallest absolute Gasteiger partial charge is 0.257 e. The third-order valence-electron chi connectivity index (χ3n) is 3.65. The van der Waals surface area contributed by atoms with Crippen LogP contribution in [-0.2, 0) is 16.6 Å². The van der Waals surface area contributed by atoms with E-state index in [1.54, 1.807) is 6.92 Å². The number of rotatable bonds is 5. The van der Waals surface area contributed by atoms with Gasteiger partial charge in [0, 0.05) is 24.8 Å². The van der Waals surface area contributed by atoms with Gasteiger partial charge in [-0.2, -0.15) is 9.40 Å². The molecule has 2 atom stereocenters. The topological polar surface area (TPSA) is 81.2 Å². The number of piperidine rings is 1. The van der Waals surface area contributed by atoms with Crippen LogP contribution in [0.15, 0.2) is 17.3 Å². The Balaban J connectivity index is 2.25. The molecule has 2 rings (SSSR count). The molecular weight excluding hydrogens is 302 g/mol. The SMILES string of the molecule is CC(N)C1CCCCN1S(=O)(=O)c1cnn(CC(F)F)c1. The highest BCUT2D eigenvalue weighted by molar-refractivity contribution is 7.89. The summed E-state index contributed by atoms with van der Waals surface area (Å²) in [6, 6.07) is -0.543. The summed E-state index contributed by atoms with van der Waals surface area (Å²) in [5, 5.41) is 3.69. The van der Waals surface area contributed by atoms with E-state index in [4.69, 9.17) is 5.73 Å². The third kappa shape index (κ3) is 3.58. The Morgan fingerprint density at radius 1 is 1.48 bits per heavy atom. The van der Waals surface area contributed by atoms with Crippen LogP contribution < -0.4 is 5.73 Å². The fourth-order valence-electron chi connectivity index (χ4n) is 2.61. The molecule has 9 heteroatoms. The zero-order chi connectivity index (χ0) is 15.6. The molecule has 2 heterocycles. The molecular formula is C12H20F2N4O2S. The monoisotopic (exact) mass is 322 g/mol. The van der Waals surface area contributed by atoms with Crippen LogP contribution in [0.3, 0.4) is 0 Å². The van der Waals surface area contributed by atoms with E-state index in [0.29, 0.717) is 13.0 Å². The molecule has 0 bridgehead atoms. The lowest BCUT2D eigenvalue weighted by molar-refractivity contribution is 0.121. The van der Waals surface area contributed by atoms with Crippen LogP contribution in [0.5, 0.6) is 0 Å². The van der Waals surface area contributed by atoms with Crippen molar-refractivity contribution in [3.63, 3.8) is 0 Å². The van der Waals surface area contributed by atoms with Gasteiger partial charge >= 0.3 is 0 Å². The quantitative estimate of drug-likeness (QED) is 0.878. The second-order valence-electron chi connectivity index (χ2n) is 5.33. The molecule has 0 saturated carbocycles. The van der Waals surface area contributed by atoms with Crippen LogP contribution >= 0.6 is 0 Å². The Hall–Kier alpha value is -1.06. The van der Waals surface area contributed by atoms with Crippen molar-refractivity contribution in [1.29, 1.82) is 0 Å². The van der Waals surface area contributed by atoms with Gasteiger partial charge in [0.2, 0.25) is 10.0 Å². The molecule has 21 heavy (non-hydrogen) atoms. The molecule has 0 radical (unpaired) electrons. The first kappa shape index (κ1) is 16.3. The molecule has 2 N–H and O–H groups in total. The van der Waals surface area contributed by atoms with Crippen LogP contribution in [0.25, 0.3) is 0 Å². The molecule has 0 aromatic carbocycles. The van der Waals surface area contributed by atoms with Crippen LogP contribution in [-0.4, -0.2) is 47.6 Å². The molecule has 6 nitrogen and oxygen atoms in total. The van der Waals surface area contributed by atoms with E-state index in [1.165, 1.54) is 4.31 Å². The standard InChI is InChI=1S/C12H20F2N4O2S/c1-9(15)11-4-2-3-5-18(11)21(19,20)10-6-16-17(7-10)8-12(13)14/h6-7,9,11-12H,2-5,8,15H2,1H3. The van der Waals surface area contributed by atoms with E-state index >= 15 is 0 Å². The number of hydrogen-bond donors (Lipinski definition) is 1. The summed E-state index contributed by atoms with van der Waals surface area (Å²) in [6.45, 7) is 1.56. The number of hydrogen-bond acceptors (Lipinski definition) is 4. The molecule has 1 aliphatic rings. The van der Waals surface area contributed by atoms with Gasteiger partial charge in [0.15, 0.2) is 0 Å². The average molecular weight is 322 g/mol. The Morgan fingerprint density at radius 3 is 2.81 bits per heavy atom. The molecule has 2 unspecified atom stereocenters. The second-order valence-corrected chi connectivity index (χ2v) is 7.22.